The zero-order chi connectivity index (χ0) is 14.7. The highest BCUT2D eigenvalue weighted by Crippen LogP contribution is 2.27. The lowest BCUT2D eigenvalue weighted by molar-refractivity contribution is -0.102. The van der Waals surface area contributed by atoms with Crippen molar-refractivity contribution in [2.24, 2.45) is 0 Å². The fraction of sp³-hybridized carbons (Fsp3) is 0.667. The summed E-state index contributed by atoms with van der Waals surface area (Å²) in [5.74, 6) is 0. The van der Waals surface area contributed by atoms with Crippen molar-refractivity contribution < 1.29 is 19.3 Å². The number of aromatic nitrogens is 2. The number of aryl methyl sites for hydroxylation is 1. The summed E-state index contributed by atoms with van der Waals surface area (Å²) in [7, 11) is 1.50. The number of nitrogens with zero attached hydrogens (tertiary/aromatic N) is 1. The van der Waals surface area contributed by atoms with Crippen LogP contribution in [0.4, 0.5) is 0 Å². The maximum atomic E-state index is 11.7. The number of nitrogens with one attached hydrogen (secondary N) is 1. The van der Waals surface area contributed by atoms with Crippen molar-refractivity contribution in [1.29, 1.82) is 0 Å². The van der Waals surface area contributed by atoms with Crippen molar-refractivity contribution in [3.63, 3.8) is 0 Å². The van der Waals surface area contributed by atoms with Crippen LogP contribution in [-0.4, -0.2) is 47.4 Å². The maximum absolute atomic E-state index is 11.7. The SMILES string of the molecule is COCOC[C@H]1O[C@@H](n2cc(C)c(=O)[nH]c2=O)C[C@@H]1O. The first kappa shape index (κ1) is 14.9. The molecule has 1 aromatic heterocycles. The van der Waals surface area contributed by atoms with Crippen LogP contribution < -0.4 is 11.2 Å². The van der Waals surface area contributed by atoms with Crippen molar-refractivity contribution in [2.45, 2.75) is 31.8 Å². The van der Waals surface area contributed by atoms with Gasteiger partial charge in [0, 0.05) is 25.3 Å². The van der Waals surface area contributed by atoms with Gasteiger partial charge in [0.25, 0.3) is 5.56 Å². The van der Waals surface area contributed by atoms with Crippen LogP contribution in [0.2, 0.25) is 0 Å². The Balaban J connectivity index is 2.10. The molecule has 0 radical (unpaired) electrons. The van der Waals surface area contributed by atoms with Crippen LogP contribution in [0.15, 0.2) is 15.8 Å². The van der Waals surface area contributed by atoms with Crippen molar-refractivity contribution in [3.8, 4) is 0 Å². The Morgan fingerprint density at radius 3 is 3.00 bits per heavy atom. The Morgan fingerprint density at radius 2 is 2.30 bits per heavy atom. The third-order valence-electron chi connectivity index (χ3n) is 3.14. The number of hydrogen-bond acceptors (Lipinski definition) is 6. The minimum atomic E-state index is -0.740. The molecule has 8 heteroatoms. The molecule has 0 aromatic carbocycles. The molecule has 0 spiro atoms. The van der Waals surface area contributed by atoms with E-state index in [1.54, 1.807) is 6.92 Å². The first-order valence-electron chi connectivity index (χ1n) is 6.25. The number of hydrogen-bond donors (Lipinski definition) is 2. The molecule has 0 unspecified atom stereocenters. The van der Waals surface area contributed by atoms with Gasteiger partial charge in [-0.1, -0.05) is 0 Å². The van der Waals surface area contributed by atoms with E-state index in [9.17, 15) is 14.7 Å². The minimum Gasteiger partial charge on any atom is -0.390 e. The number of rotatable bonds is 5. The van der Waals surface area contributed by atoms with Gasteiger partial charge < -0.3 is 19.3 Å². The number of H-pyrrole nitrogens is 1. The molecule has 112 valence electrons. The molecule has 2 N–H and O–H groups in total. The lowest BCUT2D eigenvalue weighted by Crippen LogP contribution is -2.33. The molecule has 2 rings (SSSR count). The van der Waals surface area contributed by atoms with E-state index in [1.165, 1.54) is 17.9 Å². The Kier molecular flexibility index (Phi) is 4.71. The van der Waals surface area contributed by atoms with E-state index < -0.39 is 29.7 Å². The topological polar surface area (TPSA) is 103 Å². The Hall–Kier alpha value is -1.48. The highest BCUT2D eigenvalue weighted by molar-refractivity contribution is 5.02. The monoisotopic (exact) mass is 286 g/mol. The smallest absolute Gasteiger partial charge is 0.330 e. The normalized spacial score (nSPS) is 26.1. The molecule has 1 aliphatic heterocycles. The largest absolute Gasteiger partial charge is 0.390 e. The van der Waals surface area contributed by atoms with Crippen LogP contribution in [0, 0.1) is 6.92 Å². The van der Waals surface area contributed by atoms with E-state index in [-0.39, 0.29) is 19.8 Å². The van der Waals surface area contributed by atoms with E-state index in [4.69, 9.17) is 14.2 Å². The molecule has 1 fully saturated rings. The second kappa shape index (κ2) is 6.31. The summed E-state index contributed by atoms with van der Waals surface area (Å²) in [4.78, 5) is 25.3. The second-order valence-electron chi connectivity index (χ2n) is 4.69. The molecule has 1 saturated heterocycles. The van der Waals surface area contributed by atoms with E-state index in [2.05, 4.69) is 4.98 Å². The lowest BCUT2D eigenvalue weighted by atomic mass is 10.2. The van der Waals surface area contributed by atoms with Crippen molar-refractivity contribution in [3.05, 3.63) is 32.6 Å². The van der Waals surface area contributed by atoms with Gasteiger partial charge in [0.05, 0.1) is 12.7 Å². The maximum Gasteiger partial charge on any atom is 0.330 e. The highest BCUT2D eigenvalue weighted by Gasteiger charge is 2.35. The van der Waals surface area contributed by atoms with Crippen molar-refractivity contribution in [1.82, 2.24) is 9.55 Å². The zero-order valence-corrected chi connectivity index (χ0v) is 11.4. The molecule has 0 saturated carbocycles. The van der Waals surface area contributed by atoms with Gasteiger partial charge in [-0.2, -0.15) is 0 Å². The Morgan fingerprint density at radius 1 is 1.55 bits per heavy atom. The third kappa shape index (κ3) is 3.15. The molecular weight excluding hydrogens is 268 g/mol. The molecule has 0 aliphatic carbocycles. The summed E-state index contributed by atoms with van der Waals surface area (Å²) in [6.07, 6.45) is -0.210. The van der Waals surface area contributed by atoms with Crippen molar-refractivity contribution >= 4 is 0 Å². The Bertz CT molecular complexity index is 566. The van der Waals surface area contributed by atoms with Gasteiger partial charge in [-0.3, -0.25) is 14.3 Å². The van der Waals surface area contributed by atoms with Gasteiger partial charge in [0.1, 0.15) is 19.1 Å². The van der Waals surface area contributed by atoms with Crippen LogP contribution >= 0.6 is 0 Å². The molecule has 1 aromatic rings. The van der Waals surface area contributed by atoms with E-state index in [1.807, 2.05) is 0 Å². The molecule has 8 nitrogen and oxygen atoms in total. The average molecular weight is 286 g/mol. The molecule has 3 atom stereocenters. The summed E-state index contributed by atoms with van der Waals surface area (Å²) in [5.41, 5.74) is -0.581. The van der Waals surface area contributed by atoms with Crippen LogP contribution in [0.25, 0.3) is 0 Å². The summed E-state index contributed by atoms with van der Waals surface area (Å²) in [5, 5.41) is 9.90. The van der Waals surface area contributed by atoms with E-state index in [0.29, 0.717) is 5.56 Å². The van der Waals surface area contributed by atoms with Gasteiger partial charge in [-0.25, -0.2) is 4.79 Å². The highest BCUT2D eigenvalue weighted by atomic mass is 16.7. The summed E-state index contributed by atoms with van der Waals surface area (Å²) in [6, 6.07) is 0. The molecular formula is C12H18N2O6. The summed E-state index contributed by atoms with van der Waals surface area (Å²) < 4.78 is 16.8. The second-order valence-corrected chi connectivity index (χ2v) is 4.69. The zero-order valence-electron chi connectivity index (χ0n) is 11.4. The van der Waals surface area contributed by atoms with Gasteiger partial charge >= 0.3 is 5.69 Å². The molecule has 2 heterocycles. The lowest BCUT2D eigenvalue weighted by Gasteiger charge is -2.16. The first-order valence-corrected chi connectivity index (χ1v) is 6.25. The standard InChI is InChI=1S/C12H18N2O6/c1-7-4-14(12(17)13-11(7)16)10-3-8(15)9(20-10)5-19-6-18-2/h4,8-10,15H,3,5-6H2,1-2H3,(H,13,16,17)/t8-,9+,10+/m0/s1. The number of methoxy groups -OCH3 is 1. The van der Waals surface area contributed by atoms with Gasteiger partial charge in [0.15, 0.2) is 0 Å². The minimum absolute atomic E-state index is 0.106. The van der Waals surface area contributed by atoms with Crippen LogP contribution in [0.5, 0.6) is 0 Å². The number of aromatic amines is 1. The Labute approximate surface area is 114 Å². The summed E-state index contributed by atoms with van der Waals surface area (Å²) in [6.45, 7) is 1.87. The summed E-state index contributed by atoms with van der Waals surface area (Å²) >= 11 is 0. The van der Waals surface area contributed by atoms with Crippen LogP contribution in [-0.2, 0) is 14.2 Å². The fourth-order valence-corrected chi connectivity index (χ4v) is 2.08. The van der Waals surface area contributed by atoms with Crippen LogP contribution in [0.1, 0.15) is 18.2 Å². The molecule has 1 aliphatic rings. The molecule has 0 bridgehead atoms. The molecule has 0 amide bonds. The fourth-order valence-electron chi connectivity index (χ4n) is 2.08. The van der Waals surface area contributed by atoms with Gasteiger partial charge in [-0.15, -0.1) is 0 Å². The van der Waals surface area contributed by atoms with Crippen molar-refractivity contribution in [2.75, 3.05) is 20.5 Å². The predicted molar refractivity (Wildman–Crippen MR) is 68.4 cm³/mol. The van der Waals surface area contributed by atoms with E-state index in [0.717, 1.165) is 0 Å². The number of aliphatic hydroxyl groups excluding tert-OH is 1. The average Bonchev–Trinajstić information content (AvgIpc) is 2.76. The van der Waals surface area contributed by atoms with Crippen LogP contribution in [0.3, 0.4) is 0 Å². The van der Waals surface area contributed by atoms with E-state index >= 15 is 0 Å². The predicted octanol–water partition coefficient (Wildman–Crippen LogP) is -0.886. The van der Waals surface area contributed by atoms with Gasteiger partial charge in [0.2, 0.25) is 0 Å². The third-order valence-corrected chi connectivity index (χ3v) is 3.14. The number of ether oxygens (including phenoxy) is 3. The quantitative estimate of drug-likeness (QED) is 0.538. The number of aliphatic hydroxyl groups is 1. The first-order chi connectivity index (χ1) is 9.52. The molecule has 20 heavy (non-hydrogen) atoms. The van der Waals surface area contributed by atoms with Gasteiger partial charge in [-0.05, 0) is 6.92 Å².